The maximum atomic E-state index is 6.00. The summed E-state index contributed by atoms with van der Waals surface area (Å²) in [4.78, 5) is 2.20. The molecular formula is C14H25NO3Si. The lowest BCUT2D eigenvalue weighted by molar-refractivity contribution is 0.0406. The number of hydrogen-bond acceptors (Lipinski definition) is 4. The monoisotopic (exact) mass is 283 g/mol. The maximum absolute atomic E-state index is 6.00. The van der Waals surface area contributed by atoms with Crippen molar-refractivity contribution in [1.29, 1.82) is 0 Å². The first kappa shape index (κ1) is 16.3. The Labute approximate surface area is 117 Å². The fraction of sp³-hybridized carbons (Fsp3) is 0.571. The third kappa shape index (κ3) is 5.04. The molecule has 1 aromatic rings. The minimum atomic E-state index is -2.62. The molecule has 0 aliphatic heterocycles. The molecule has 0 amide bonds. The van der Waals surface area contributed by atoms with E-state index in [1.165, 1.54) is 5.56 Å². The first-order chi connectivity index (χ1) is 9.19. The summed E-state index contributed by atoms with van der Waals surface area (Å²) in [6.45, 7) is 6.70. The van der Waals surface area contributed by atoms with E-state index in [0.717, 1.165) is 13.1 Å². The second-order valence-electron chi connectivity index (χ2n) is 4.33. The summed E-state index contributed by atoms with van der Waals surface area (Å²) in [6.07, 6.45) is 0. The van der Waals surface area contributed by atoms with Gasteiger partial charge >= 0.3 is 8.80 Å². The quantitative estimate of drug-likeness (QED) is 0.514. The molecule has 0 bridgehead atoms. The Kier molecular flexibility index (Phi) is 7.26. The average molecular weight is 283 g/mol. The highest BCUT2D eigenvalue weighted by atomic mass is 28.4. The van der Waals surface area contributed by atoms with E-state index in [1.807, 2.05) is 18.2 Å². The van der Waals surface area contributed by atoms with E-state index >= 15 is 0 Å². The minimum absolute atomic E-state index is 0.549. The first-order valence-electron chi connectivity index (χ1n) is 6.70. The normalized spacial score (nSPS) is 12.1. The van der Waals surface area contributed by atoms with Crippen LogP contribution in [0.1, 0.15) is 19.4 Å². The van der Waals surface area contributed by atoms with Gasteiger partial charge < -0.3 is 13.3 Å². The van der Waals surface area contributed by atoms with Gasteiger partial charge in [-0.2, -0.15) is 0 Å². The molecule has 0 heterocycles. The van der Waals surface area contributed by atoms with Crippen LogP contribution in [0.4, 0.5) is 0 Å². The van der Waals surface area contributed by atoms with Crippen LogP contribution in [0.3, 0.4) is 0 Å². The molecule has 0 spiro atoms. The van der Waals surface area contributed by atoms with Crippen molar-refractivity contribution in [3.63, 3.8) is 0 Å². The molecule has 0 aliphatic rings. The summed E-state index contributed by atoms with van der Waals surface area (Å²) < 4.78 is 17.2. The zero-order valence-corrected chi connectivity index (χ0v) is 13.4. The molecule has 0 radical (unpaired) electrons. The summed E-state index contributed by atoms with van der Waals surface area (Å²) in [5, 5.41) is 0. The number of rotatable bonds is 9. The first-order valence-corrected chi connectivity index (χ1v) is 8.63. The molecule has 1 rings (SSSR count). The summed E-state index contributed by atoms with van der Waals surface area (Å²) in [6, 6.07) is 10.9. The predicted octanol–water partition coefficient (Wildman–Crippen LogP) is 2.32. The molecule has 0 unspecified atom stereocenters. The molecule has 5 heteroatoms. The molecule has 0 N–H and O–H groups in total. The van der Waals surface area contributed by atoms with Gasteiger partial charge in [0.05, 0.1) is 6.73 Å². The third-order valence-corrected chi connectivity index (χ3v) is 5.90. The highest BCUT2D eigenvalue weighted by molar-refractivity contribution is 6.60. The summed E-state index contributed by atoms with van der Waals surface area (Å²) in [5.41, 5.74) is 1.18. The zero-order valence-electron chi connectivity index (χ0n) is 12.4. The second kappa shape index (κ2) is 8.45. The molecule has 19 heavy (non-hydrogen) atoms. The molecule has 0 saturated heterocycles. The van der Waals surface area contributed by atoms with Gasteiger partial charge in [0.2, 0.25) is 0 Å². The van der Waals surface area contributed by atoms with Gasteiger partial charge in [0, 0.05) is 20.3 Å². The second-order valence-corrected chi connectivity index (χ2v) is 7.16. The smallest absolute Gasteiger partial charge is 0.377 e. The zero-order chi connectivity index (χ0) is 14.1. The van der Waals surface area contributed by atoms with Gasteiger partial charge in [-0.05, 0) is 18.7 Å². The lowest BCUT2D eigenvalue weighted by atomic mass is 10.2. The fourth-order valence-corrected chi connectivity index (χ4v) is 3.75. The van der Waals surface area contributed by atoms with Crippen molar-refractivity contribution in [2.75, 3.05) is 34.0 Å². The van der Waals surface area contributed by atoms with Crippen LogP contribution >= 0.6 is 0 Å². The highest BCUT2D eigenvalue weighted by Crippen LogP contribution is 2.15. The highest BCUT2D eigenvalue weighted by Gasteiger charge is 2.39. The largest absolute Gasteiger partial charge is 0.506 e. The Morgan fingerprint density at radius 3 is 2.05 bits per heavy atom. The Morgan fingerprint density at radius 1 is 1.00 bits per heavy atom. The van der Waals surface area contributed by atoms with Crippen LogP contribution in [0.15, 0.2) is 30.3 Å². The maximum Gasteiger partial charge on any atom is 0.506 e. The number of benzene rings is 1. The van der Waals surface area contributed by atoms with Crippen molar-refractivity contribution in [1.82, 2.24) is 4.90 Å². The molecular weight excluding hydrogens is 258 g/mol. The molecule has 0 aromatic heterocycles. The van der Waals surface area contributed by atoms with Gasteiger partial charge in [-0.15, -0.1) is 0 Å². The SMILES string of the molecule is CCN(CC)CO[Si](Cc1ccccc1)(OC)OC. The Bertz CT molecular complexity index is 340. The number of hydrogen-bond donors (Lipinski definition) is 0. The van der Waals surface area contributed by atoms with E-state index in [4.69, 9.17) is 13.3 Å². The molecule has 0 aliphatic carbocycles. The van der Waals surface area contributed by atoms with Crippen LogP contribution < -0.4 is 0 Å². The summed E-state index contributed by atoms with van der Waals surface area (Å²) in [5.74, 6) is 0. The summed E-state index contributed by atoms with van der Waals surface area (Å²) in [7, 11) is 0.714. The van der Waals surface area contributed by atoms with Gasteiger partial charge in [0.15, 0.2) is 0 Å². The molecule has 0 atom stereocenters. The Hall–Kier alpha value is -0.723. The van der Waals surface area contributed by atoms with Gasteiger partial charge in [-0.3, -0.25) is 4.90 Å². The van der Waals surface area contributed by atoms with Crippen LogP contribution in [0, 0.1) is 0 Å². The van der Waals surface area contributed by atoms with Gasteiger partial charge in [0.25, 0.3) is 0 Å². The van der Waals surface area contributed by atoms with Gasteiger partial charge in [-0.1, -0.05) is 44.2 Å². The molecule has 108 valence electrons. The Balaban J connectivity index is 2.68. The number of nitrogens with zero attached hydrogens (tertiary/aromatic N) is 1. The lowest BCUT2D eigenvalue weighted by Gasteiger charge is -2.29. The summed E-state index contributed by atoms with van der Waals surface area (Å²) >= 11 is 0. The van der Waals surface area contributed by atoms with E-state index in [2.05, 4.69) is 30.9 Å². The molecule has 4 nitrogen and oxygen atoms in total. The average Bonchev–Trinajstić information content (AvgIpc) is 2.48. The van der Waals surface area contributed by atoms with Gasteiger partial charge in [0.1, 0.15) is 0 Å². The van der Waals surface area contributed by atoms with E-state index in [1.54, 1.807) is 14.2 Å². The molecule has 0 fully saturated rings. The van der Waals surface area contributed by atoms with E-state index < -0.39 is 8.80 Å². The van der Waals surface area contributed by atoms with Crippen molar-refractivity contribution >= 4 is 8.80 Å². The minimum Gasteiger partial charge on any atom is -0.377 e. The van der Waals surface area contributed by atoms with Crippen LogP contribution in [0.2, 0.25) is 0 Å². The standard InChI is InChI=1S/C14H25NO3Si/c1-5-15(6-2)13-18-19(16-3,17-4)12-14-10-8-7-9-11-14/h7-11H,5-6,12-13H2,1-4H3. The van der Waals surface area contributed by atoms with Crippen molar-refractivity contribution < 1.29 is 13.3 Å². The molecule has 0 saturated carbocycles. The van der Waals surface area contributed by atoms with Crippen LogP contribution in [0.5, 0.6) is 0 Å². The van der Waals surface area contributed by atoms with Crippen LogP contribution in [-0.2, 0) is 19.3 Å². The van der Waals surface area contributed by atoms with E-state index in [9.17, 15) is 0 Å². The molecule has 1 aromatic carbocycles. The van der Waals surface area contributed by atoms with Crippen molar-refractivity contribution in [2.45, 2.75) is 19.9 Å². The topological polar surface area (TPSA) is 30.9 Å². The van der Waals surface area contributed by atoms with Crippen molar-refractivity contribution in [3.8, 4) is 0 Å². The van der Waals surface area contributed by atoms with E-state index in [0.29, 0.717) is 12.8 Å². The fourth-order valence-electron chi connectivity index (χ4n) is 1.84. The van der Waals surface area contributed by atoms with Crippen LogP contribution in [0.25, 0.3) is 0 Å². The van der Waals surface area contributed by atoms with Crippen molar-refractivity contribution in [2.24, 2.45) is 0 Å². The van der Waals surface area contributed by atoms with E-state index in [-0.39, 0.29) is 0 Å². The van der Waals surface area contributed by atoms with Gasteiger partial charge in [-0.25, -0.2) is 0 Å². The van der Waals surface area contributed by atoms with Crippen molar-refractivity contribution in [3.05, 3.63) is 35.9 Å². The van der Waals surface area contributed by atoms with Crippen LogP contribution in [-0.4, -0.2) is 47.7 Å². The third-order valence-electron chi connectivity index (χ3n) is 3.25. The lowest BCUT2D eigenvalue weighted by Crippen LogP contribution is -2.49. The predicted molar refractivity (Wildman–Crippen MR) is 78.8 cm³/mol. The Morgan fingerprint density at radius 2 is 1.58 bits per heavy atom.